The smallest absolute Gasteiger partial charge is 0.240 e. The molecule has 0 aliphatic heterocycles. The van der Waals surface area contributed by atoms with Gasteiger partial charge in [-0.05, 0) is 61.9 Å². The van der Waals surface area contributed by atoms with E-state index < -0.39 is 10.0 Å². The molecule has 0 fully saturated rings. The van der Waals surface area contributed by atoms with Crippen molar-refractivity contribution in [2.75, 3.05) is 12.4 Å². The topological polar surface area (TPSA) is 96.6 Å². The summed E-state index contributed by atoms with van der Waals surface area (Å²) in [6, 6.07) is 12.5. The van der Waals surface area contributed by atoms with Crippen molar-refractivity contribution in [1.82, 2.24) is 4.72 Å². The first kappa shape index (κ1) is 21.4. The highest BCUT2D eigenvalue weighted by Crippen LogP contribution is 2.14. The van der Waals surface area contributed by atoms with Crippen LogP contribution in [0.3, 0.4) is 0 Å². The van der Waals surface area contributed by atoms with Crippen molar-refractivity contribution in [3.63, 3.8) is 0 Å². The third-order valence-electron chi connectivity index (χ3n) is 3.71. The van der Waals surface area contributed by atoms with Gasteiger partial charge >= 0.3 is 0 Å². The van der Waals surface area contributed by atoms with Crippen LogP contribution in [-0.2, 0) is 16.6 Å². The Morgan fingerprint density at radius 2 is 1.72 bits per heavy atom. The molecule has 0 heterocycles. The van der Waals surface area contributed by atoms with Crippen LogP contribution in [0, 0.1) is 13.8 Å². The van der Waals surface area contributed by atoms with E-state index in [1.54, 1.807) is 24.3 Å². The molecule has 0 aromatic heterocycles. The SMILES string of the molecule is CNS(=O)(=O)c1ccc(CN=C(N)Nc2ccc(C)c(C)c2)cc1.I. The van der Waals surface area contributed by atoms with Gasteiger partial charge in [0.15, 0.2) is 5.96 Å². The molecule has 0 amide bonds. The fourth-order valence-corrected chi connectivity index (χ4v) is 2.81. The van der Waals surface area contributed by atoms with Crippen LogP contribution in [0.1, 0.15) is 16.7 Å². The third kappa shape index (κ3) is 5.98. The van der Waals surface area contributed by atoms with Gasteiger partial charge in [0, 0.05) is 5.69 Å². The lowest BCUT2D eigenvalue weighted by atomic mass is 10.1. The molecule has 0 unspecified atom stereocenters. The fraction of sp³-hybridized carbons (Fsp3) is 0.235. The largest absolute Gasteiger partial charge is 0.370 e. The molecule has 6 nitrogen and oxygen atoms in total. The van der Waals surface area contributed by atoms with Crippen LogP contribution in [0.5, 0.6) is 0 Å². The van der Waals surface area contributed by atoms with Gasteiger partial charge in [-0.25, -0.2) is 18.1 Å². The van der Waals surface area contributed by atoms with E-state index >= 15 is 0 Å². The molecule has 0 spiro atoms. The van der Waals surface area contributed by atoms with Crippen LogP contribution in [-0.4, -0.2) is 21.4 Å². The molecule has 0 radical (unpaired) electrons. The summed E-state index contributed by atoms with van der Waals surface area (Å²) in [5, 5.41) is 3.05. The average Bonchev–Trinajstić information content (AvgIpc) is 2.57. The molecule has 2 aromatic rings. The molecule has 0 aliphatic carbocycles. The van der Waals surface area contributed by atoms with Crippen molar-refractivity contribution in [2.24, 2.45) is 10.7 Å². The number of anilines is 1. The molecule has 136 valence electrons. The number of rotatable bonds is 5. The highest BCUT2D eigenvalue weighted by Gasteiger charge is 2.10. The maximum absolute atomic E-state index is 11.7. The van der Waals surface area contributed by atoms with E-state index in [2.05, 4.69) is 22.0 Å². The second-order valence-electron chi connectivity index (χ2n) is 5.48. The van der Waals surface area contributed by atoms with Crippen molar-refractivity contribution in [1.29, 1.82) is 0 Å². The summed E-state index contributed by atoms with van der Waals surface area (Å²) in [5.41, 5.74) is 10.0. The zero-order valence-electron chi connectivity index (χ0n) is 14.4. The van der Waals surface area contributed by atoms with Crippen molar-refractivity contribution in [3.05, 3.63) is 59.2 Å². The first-order chi connectivity index (χ1) is 11.3. The molecule has 0 saturated heterocycles. The first-order valence-electron chi connectivity index (χ1n) is 7.48. The Balaban J connectivity index is 0.00000312. The molecule has 2 rings (SSSR count). The summed E-state index contributed by atoms with van der Waals surface area (Å²) >= 11 is 0. The van der Waals surface area contributed by atoms with E-state index in [-0.39, 0.29) is 28.9 Å². The zero-order valence-corrected chi connectivity index (χ0v) is 17.6. The van der Waals surface area contributed by atoms with Crippen molar-refractivity contribution in [2.45, 2.75) is 25.3 Å². The maximum atomic E-state index is 11.7. The van der Waals surface area contributed by atoms with Crippen LogP contribution < -0.4 is 15.8 Å². The minimum Gasteiger partial charge on any atom is -0.370 e. The van der Waals surface area contributed by atoms with E-state index in [0.717, 1.165) is 11.3 Å². The van der Waals surface area contributed by atoms with E-state index in [1.807, 2.05) is 25.1 Å². The van der Waals surface area contributed by atoms with Gasteiger partial charge in [-0.3, -0.25) is 0 Å². The minimum absolute atomic E-state index is 0. The van der Waals surface area contributed by atoms with E-state index in [4.69, 9.17) is 5.73 Å². The summed E-state index contributed by atoms with van der Waals surface area (Å²) in [5.74, 6) is 0.310. The number of hydrogen-bond donors (Lipinski definition) is 3. The molecule has 4 N–H and O–H groups in total. The molecule has 0 bridgehead atoms. The Morgan fingerprint density at radius 3 is 2.28 bits per heavy atom. The van der Waals surface area contributed by atoms with Crippen LogP contribution in [0.4, 0.5) is 5.69 Å². The monoisotopic (exact) mass is 474 g/mol. The molecular formula is C17H23IN4O2S. The number of nitrogens with one attached hydrogen (secondary N) is 2. The highest BCUT2D eigenvalue weighted by atomic mass is 127. The van der Waals surface area contributed by atoms with Gasteiger partial charge in [-0.1, -0.05) is 18.2 Å². The van der Waals surface area contributed by atoms with Gasteiger partial charge < -0.3 is 11.1 Å². The van der Waals surface area contributed by atoms with Gasteiger partial charge in [0.25, 0.3) is 0 Å². The summed E-state index contributed by atoms with van der Waals surface area (Å²) in [4.78, 5) is 4.49. The molecule has 8 heteroatoms. The summed E-state index contributed by atoms with van der Waals surface area (Å²) in [6.07, 6.45) is 0. The van der Waals surface area contributed by atoms with Crippen LogP contribution in [0.15, 0.2) is 52.4 Å². The van der Waals surface area contributed by atoms with Gasteiger partial charge in [-0.15, -0.1) is 24.0 Å². The second-order valence-corrected chi connectivity index (χ2v) is 7.36. The summed E-state index contributed by atoms with van der Waals surface area (Å²) in [7, 11) is -2.04. The summed E-state index contributed by atoms with van der Waals surface area (Å²) < 4.78 is 25.6. The highest BCUT2D eigenvalue weighted by molar-refractivity contribution is 14.0. The molecule has 2 aromatic carbocycles. The van der Waals surface area contributed by atoms with Gasteiger partial charge in [-0.2, -0.15) is 0 Å². The predicted octanol–water partition coefficient (Wildman–Crippen LogP) is 2.76. The molecular weight excluding hydrogens is 451 g/mol. The number of halogens is 1. The minimum atomic E-state index is -3.42. The van der Waals surface area contributed by atoms with Crippen LogP contribution in [0.2, 0.25) is 0 Å². The number of aliphatic imine (C=N–C) groups is 1. The normalized spacial score (nSPS) is 11.7. The van der Waals surface area contributed by atoms with Crippen molar-refractivity contribution in [3.8, 4) is 0 Å². The number of benzene rings is 2. The maximum Gasteiger partial charge on any atom is 0.240 e. The lowest BCUT2D eigenvalue weighted by molar-refractivity contribution is 0.588. The Labute approximate surface area is 166 Å². The summed E-state index contributed by atoms with van der Waals surface area (Å²) in [6.45, 7) is 4.45. The Bertz CT molecular complexity index is 849. The number of guanidine groups is 1. The first-order valence-corrected chi connectivity index (χ1v) is 8.97. The predicted molar refractivity (Wildman–Crippen MR) is 113 cm³/mol. The molecule has 0 saturated carbocycles. The van der Waals surface area contributed by atoms with Gasteiger partial charge in [0.05, 0.1) is 11.4 Å². The third-order valence-corrected chi connectivity index (χ3v) is 5.14. The van der Waals surface area contributed by atoms with Gasteiger partial charge in [0.2, 0.25) is 10.0 Å². The van der Waals surface area contributed by atoms with Crippen LogP contribution in [0.25, 0.3) is 0 Å². The molecule has 0 aliphatic rings. The quantitative estimate of drug-likeness (QED) is 0.353. The number of nitrogens with two attached hydrogens (primary N) is 1. The van der Waals surface area contributed by atoms with Gasteiger partial charge in [0.1, 0.15) is 0 Å². The zero-order chi connectivity index (χ0) is 17.7. The number of hydrogen-bond acceptors (Lipinski definition) is 3. The van der Waals surface area contributed by atoms with E-state index in [0.29, 0.717) is 12.5 Å². The number of aryl methyl sites for hydroxylation is 2. The van der Waals surface area contributed by atoms with Crippen LogP contribution >= 0.6 is 24.0 Å². The number of nitrogens with zero attached hydrogens (tertiary/aromatic N) is 1. The van der Waals surface area contributed by atoms with E-state index in [9.17, 15) is 8.42 Å². The Kier molecular flexibility index (Phi) is 7.84. The fourth-order valence-electron chi connectivity index (χ4n) is 2.07. The standard InChI is InChI=1S/C17H22N4O2S.HI/c1-12-4-7-15(10-13(12)2)21-17(18)20-11-14-5-8-16(9-6-14)24(22,23)19-3;/h4-10,19H,11H2,1-3H3,(H3,18,20,21);1H. The van der Waals surface area contributed by atoms with Crippen molar-refractivity contribution < 1.29 is 8.42 Å². The average molecular weight is 474 g/mol. The lowest BCUT2D eigenvalue weighted by Gasteiger charge is -2.08. The number of sulfonamides is 1. The van der Waals surface area contributed by atoms with Crippen molar-refractivity contribution >= 4 is 45.6 Å². The Hall–Kier alpha value is -1.65. The van der Waals surface area contributed by atoms with E-state index in [1.165, 1.54) is 18.2 Å². The lowest BCUT2D eigenvalue weighted by Crippen LogP contribution is -2.22. The Morgan fingerprint density at radius 1 is 1.08 bits per heavy atom. The second kappa shape index (κ2) is 9.16. The molecule has 0 atom stereocenters. The molecule has 25 heavy (non-hydrogen) atoms.